The zero-order chi connectivity index (χ0) is 13.3. The molecule has 1 aliphatic carbocycles. The SMILES string of the molecule is Cc1cccc(NC2CCCC2S(C)(=O)=O)c1Cl. The highest BCUT2D eigenvalue weighted by Gasteiger charge is 2.34. The first-order valence-corrected chi connectivity index (χ1v) is 8.43. The molecule has 2 unspecified atom stereocenters. The van der Waals surface area contributed by atoms with E-state index in [2.05, 4.69) is 5.32 Å². The Balaban J connectivity index is 2.21. The molecule has 1 fully saturated rings. The van der Waals surface area contributed by atoms with Gasteiger partial charge in [-0.3, -0.25) is 0 Å². The fourth-order valence-electron chi connectivity index (χ4n) is 2.56. The zero-order valence-corrected chi connectivity index (χ0v) is 12.2. The highest BCUT2D eigenvalue weighted by atomic mass is 35.5. The number of sulfone groups is 1. The monoisotopic (exact) mass is 287 g/mol. The molecule has 3 nitrogen and oxygen atoms in total. The maximum atomic E-state index is 11.7. The molecule has 0 bridgehead atoms. The number of hydrogen-bond acceptors (Lipinski definition) is 3. The maximum Gasteiger partial charge on any atom is 0.152 e. The fourth-order valence-corrected chi connectivity index (χ4v) is 4.14. The normalized spacial score (nSPS) is 24.2. The molecule has 5 heteroatoms. The van der Waals surface area contributed by atoms with Crippen molar-refractivity contribution in [3.8, 4) is 0 Å². The summed E-state index contributed by atoms with van der Waals surface area (Å²) in [5, 5.41) is 3.68. The highest BCUT2D eigenvalue weighted by molar-refractivity contribution is 7.91. The van der Waals surface area contributed by atoms with Gasteiger partial charge in [0.25, 0.3) is 0 Å². The molecule has 0 radical (unpaired) electrons. The molecule has 1 aromatic rings. The van der Waals surface area contributed by atoms with Crippen molar-refractivity contribution in [3.05, 3.63) is 28.8 Å². The molecule has 0 heterocycles. The first-order chi connectivity index (χ1) is 8.39. The summed E-state index contributed by atoms with van der Waals surface area (Å²) in [6.07, 6.45) is 3.87. The van der Waals surface area contributed by atoms with Gasteiger partial charge in [0.2, 0.25) is 0 Å². The Bertz CT molecular complexity index is 542. The smallest absolute Gasteiger partial charge is 0.152 e. The number of halogens is 1. The summed E-state index contributed by atoms with van der Waals surface area (Å²) in [5.41, 5.74) is 1.83. The minimum Gasteiger partial charge on any atom is -0.380 e. The lowest BCUT2D eigenvalue weighted by atomic mass is 10.2. The van der Waals surface area contributed by atoms with Crippen LogP contribution in [0.3, 0.4) is 0 Å². The van der Waals surface area contributed by atoms with Crippen LogP contribution in [0.5, 0.6) is 0 Å². The van der Waals surface area contributed by atoms with Crippen LogP contribution in [-0.2, 0) is 9.84 Å². The van der Waals surface area contributed by atoms with Crippen LogP contribution in [0, 0.1) is 6.92 Å². The summed E-state index contributed by atoms with van der Waals surface area (Å²) in [7, 11) is -3.00. The minimum absolute atomic E-state index is 0.0284. The van der Waals surface area contributed by atoms with E-state index in [4.69, 9.17) is 11.6 Å². The molecule has 1 aliphatic rings. The second-order valence-corrected chi connectivity index (χ2v) is 7.63. The molecule has 0 spiro atoms. The first-order valence-electron chi connectivity index (χ1n) is 6.10. The van der Waals surface area contributed by atoms with Crippen LogP contribution >= 0.6 is 11.6 Å². The lowest BCUT2D eigenvalue weighted by molar-refractivity contribution is 0.579. The number of nitrogens with one attached hydrogen (secondary N) is 1. The Labute approximate surface area is 113 Å². The van der Waals surface area contributed by atoms with Gasteiger partial charge in [0.05, 0.1) is 16.0 Å². The van der Waals surface area contributed by atoms with Crippen molar-refractivity contribution in [2.24, 2.45) is 0 Å². The Morgan fingerprint density at radius 3 is 2.72 bits per heavy atom. The van der Waals surface area contributed by atoms with Gasteiger partial charge in [0.15, 0.2) is 9.84 Å². The molecular weight excluding hydrogens is 270 g/mol. The number of benzene rings is 1. The lowest BCUT2D eigenvalue weighted by Crippen LogP contribution is -2.34. The fraction of sp³-hybridized carbons (Fsp3) is 0.538. The van der Waals surface area contributed by atoms with E-state index in [0.717, 1.165) is 30.5 Å². The first kappa shape index (κ1) is 13.7. The van der Waals surface area contributed by atoms with Crippen LogP contribution < -0.4 is 5.32 Å². The van der Waals surface area contributed by atoms with Crippen LogP contribution in [0.25, 0.3) is 0 Å². The summed E-state index contributed by atoms with van der Waals surface area (Å²) >= 11 is 6.22. The van der Waals surface area contributed by atoms with Crippen molar-refractivity contribution >= 4 is 27.1 Å². The van der Waals surface area contributed by atoms with Gasteiger partial charge in [-0.15, -0.1) is 0 Å². The van der Waals surface area contributed by atoms with E-state index >= 15 is 0 Å². The van der Waals surface area contributed by atoms with Crippen LogP contribution in [0.4, 0.5) is 5.69 Å². The summed E-state index contributed by atoms with van der Waals surface area (Å²) in [5.74, 6) is 0. The molecule has 1 N–H and O–H groups in total. The molecular formula is C13H18ClNO2S. The van der Waals surface area contributed by atoms with Gasteiger partial charge in [0, 0.05) is 12.3 Å². The van der Waals surface area contributed by atoms with Crippen LogP contribution in [-0.4, -0.2) is 26.0 Å². The van der Waals surface area contributed by atoms with Gasteiger partial charge in [0.1, 0.15) is 0 Å². The minimum atomic E-state index is -3.00. The summed E-state index contributed by atoms with van der Waals surface area (Å²) < 4.78 is 23.4. The number of aryl methyl sites for hydroxylation is 1. The van der Waals surface area contributed by atoms with E-state index in [1.54, 1.807) is 0 Å². The predicted octanol–water partition coefficient (Wildman–Crippen LogP) is 3.03. The Morgan fingerprint density at radius 1 is 1.33 bits per heavy atom. The Morgan fingerprint density at radius 2 is 2.06 bits per heavy atom. The Kier molecular flexibility index (Phi) is 3.87. The van der Waals surface area contributed by atoms with Crippen LogP contribution in [0.15, 0.2) is 18.2 Å². The topological polar surface area (TPSA) is 46.2 Å². The van der Waals surface area contributed by atoms with Gasteiger partial charge in [-0.05, 0) is 37.8 Å². The number of anilines is 1. The summed E-state index contributed by atoms with van der Waals surface area (Å²) in [4.78, 5) is 0. The van der Waals surface area contributed by atoms with Gasteiger partial charge in [-0.2, -0.15) is 0 Å². The molecule has 18 heavy (non-hydrogen) atoms. The molecule has 0 aromatic heterocycles. The van der Waals surface area contributed by atoms with Crippen molar-refractivity contribution in [1.82, 2.24) is 0 Å². The van der Waals surface area contributed by atoms with E-state index < -0.39 is 9.84 Å². The van der Waals surface area contributed by atoms with Gasteiger partial charge < -0.3 is 5.32 Å². The average molecular weight is 288 g/mol. The van der Waals surface area contributed by atoms with E-state index in [0.29, 0.717) is 5.02 Å². The van der Waals surface area contributed by atoms with Gasteiger partial charge in [-0.25, -0.2) is 8.42 Å². The standard InChI is InChI=1S/C13H18ClNO2S/c1-9-5-3-7-11(13(9)14)15-10-6-4-8-12(10)18(2,16)17/h3,5,7,10,12,15H,4,6,8H2,1-2H3. The summed E-state index contributed by atoms with van der Waals surface area (Å²) in [6.45, 7) is 1.94. The number of hydrogen-bond donors (Lipinski definition) is 1. The molecule has 100 valence electrons. The van der Waals surface area contributed by atoms with E-state index in [1.807, 2.05) is 25.1 Å². The van der Waals surface area contributed by atoms with Gasteiger partial charge in [-0.1, -0.05) is 23.7 Å². The quantitative estimate of drug-likeness (QED) is 0.929. The number of rotatable bonds is 3. The largest absolute Gasteiger partial charge is 0.380 e. The second kappa shape index (κ2) is 5.10. The molecule has 0 aliphatic heterocycles. The molecule has 0 amide bonds. The van der Waals surface area contributed by atoms with Gasteiger partial charge >= 0.3 is 0 Å². The molecule has 1 aromatic carbocycles. The summed E-state index contributed by atoms with van der Waals surface area (Å²) in [6, 6.07) is 5.73. The maximum absolute atomic E-state index is 11.7. The third-order valence-electron chi connectivity index (χ3n) is 3.54. The van der Waals surface area contributed by atoms with Crippen molar-refractivity contribution in [2.45, 2.75) is 37.5 Å². The Hall–Kier alpha value is -0.740. The van der Waals surface area contributed by atoms with Crippen molar-refractivity contribution in [2.75, 3.05) is 11.6 Å². The molecule has 1 saturated carbocycles. The lowest BCUT2D eigenvalue weighted by Gasteiger charge is -2.21. The van der Waals surface area contributed by atoms with Crippen LogP contribution in [0.2, 0.25) is 5.02 Å². The molecule has 0 saturated heterocycles. The van der Waals surface area contributed by atoms with Crippen molar-refractivity contribution in [1.29, 1.82) is 0 Å². The average Bonchev–Trinajstić information content (AvgIpc) is 2.72. The zero-order valence-electron chi connectivity index (χ0n) is 10.6. The molecule has 2 rings (SSSR count). The van der Waals surface area contributed by atoms with Crippen molar-refractivity contribution < 1.29 is 8.42 Å². The van der Waals surface area contributed by atoms with E-state index in [9.17, 15) is 8.42 Å². The van der Waals surface area contributed by atoms with E-state index in [1.165, 1.54) is 6.26 Å². The van der Waals surface area contributed by atoms with Crippen molar-refractivity contribution in [3.63, 3.8) is 0 Å². The van der Waals surface area contributed by atoms with E-state index in [-0.39, 0.29) is 11.3 Å². The molecule has 2 atom stereocenters. The predicted molar refractivity (Wildman–Crippen MR) is 76.1 cm³/mol. The second-order valence-electron chi connectivity index (χ2n) is 4.99. The highest BCUT2D eigenvalue weighted by Crippen LogP contribution is 2.31. The van der Waals surface area contributed by atoms with Crippen LogP contribution in [0.1, 0.15) is 24.8 Å². The third kappa shape index (κ3) is 2.81. The third-order valence-corrected chi connectivity index (χ3v) is 5.70.